The molecule has 0 bridgehead atoms. The summed E-state index contributed by atoms with van der Waals surface area (Å²) in [5.41, 5.74) is -0.778. The summed E-state index contributed by atoms with van der Waals surface area (Å²) in [5.74, 6) is 2.74. The molecule has 0 spiro atoms. The van der Waals surface area contributed by atoms with E-state index in [1.807, 2.05) is 6.92 Å². The molecule has 1 nitrogen and oxygen atoms in total. The van der Waals surface area contributed by atoms with Gasteiger partial charge in [-0.15, -0.1) is 6.42 Å². The van der Waals surface area contributed by atoms with Gasteiger partial charge in [0.25, 0.3) is 0 Å². The molecule has 53 valence electrons. The van der Waals surface area contributed by atoms with Crippen molar-refractivity contribution in [2.75, 3.05) is 0 Å². The normalized spacial score (nSPS) is 38.3. The zero-order valence-electron chi connectivity index (χ0n) is 6.30. The Balaban J connectivity index is 0.000000810. The topological polar surface area (TPSA) is 20.2 Å². The first kappa shape index (κ1) is 11.0. The van der Waals surface area contributed by atoms with Crippen LogP contribution < -0.4 is 0 Å². The Hall–Kier alpha value is 0.962. The van der Waals surface area contributed by atoms with Crippen LogP contribution in [-0.4, -0.2) is 10.7 Å². The first-order valence-electron chi connectivity index (χ1n) is 3.39. The van der Waals surface area contributed by atoms with Crippen LogP contribution in [0.1, 0.15) is 26.2 Å². The van der Waals surface area contributed by atoms with E-state index in [9.17, 15) is 5.11 Å². The standard InChI is InChI=1S/C8H12O.Ac/c1-3-8(9)6-4-5-7(8)2;/h1,7,9H,4-6H2,2H3;/t7-,8+;/m1./s1. The third-order valence-electron chi connectivity index (χ3n) is 2.26. The van der Waals surface area contributed by atoms with Crippen LogP contribution in [0.25, 0.3) is 0 Å². The predicted molar refractivity (Wildman–Crippen MR) is 36.8 cm³/mol. The van der Waals surface area contributed by atoms with Gasteiger partial charge in [0, 0.05) is 44.1 Å². The average molecular weight is 351 g/mol. The minimum absolute atomic E-state index is 0. The molecular formula is C8H12AcO. The molecule has 2 heteroatoms. The van der Waals surface area contributed by atoms with Crippen LogP contribution in [0.3, 0.4) is 0 Å². The number of hydrogen-bond acceptors (Lipinski definition) is 1. The number of terminal acetylenes is 1. The molecule has 2 atom stereocenters. The molecule has 1 rings (SSSR count). The van der Waals surface area contributed by atoms with Gasteiger partial charge in [0.15, 0.2) is 0 Å². The van der Waals surface area contributed by atoms with Gasteiger partial charge in [-0.25, -0.2) is 0 Å². The Morgan fingerprint density at radius 2 is 2.30 bits per heavy atom. The van der Waals surface area contributed by atoms with Gasteiger partial charge < -0.3 is 5.11 Å². The molecule has 1 saturated carbocycles. The fourth-order valence-electron chi connectivity index (χ4n) is 1.38. The van der Waals surface area contributed by atoms with Crippen molar-refractivity contribution in [3.63, 3.8) is 0 Å². The van der Waals surface area contributed by atoms with E-state index in [0.29, 0.717) is 5.92 Å². The van der Waals surface area contributed by atoms with Gasteiger partial charge in [0.2, 0.25) is 0 Å². The van der Waals surface area contributed by atoms with Gasteiger partial charge in [-0.2, -0.15) is 0 Å². The van der Waals surface area contributed by atoms with Crippen molar-refractivity contribution >= 4 is 0 Å². The van der Waals surface area contributed by atoms with Crippen LogP contribution in [0.5, 0.6) is 0 Å². The maximum absolute atomic E-state index is 9.53. The molecule has 1 N–H and O–H groups in total. The summed E-state index contributed by atoms with van der Waals surface area (Å²) < 4.78 is 0. The fraction of sp³-hybridized carbons (Fsp3) is 0.750. The molecule has 0 amide bonds. The second kappa shape index (κ2) is 4.10. The van der Waals surface area contributed by atoms with E-state index in [1.54, 1.807) is 0 Å². The van der Waals surface area contributed by atoms with Crippen molar-refractivity contribution in [3.05, 3.63) is 0 Å². The van der Waals surface area contributed by atoms with Gasteiger partial charge in [-0.1, -0.05) is 12.8 Å². The van der Waals surface area contributed by atoms with Crippen molar-refractivity contribution in [2.24, 2.45) is 5.92 Å². The Morgan fingerprint density at radius 1 is 1.70 bits per heavy atom. The monoisotopic (exact) mass is 351 g/mol. The number of aliphatic hydroxyl groups is 1. The summed E-state index contributed by atoms with van der Waals surface area (Å²) in [7, 11) is 0. The fourth-order valence-corrected chi connectivity index (χ4v) is 1.38. The van der Waals surface area contributed by atoms with Crippen LogP contribution >= 0.6 is 0 Å². The van der Waals surface area contributed by atoms with Crippen molar-refractivity contribution in [3.8, 4) is 12.3 Å². The number of hydrogen-bond donors (Lipinski definition) is 1. The zero-order valence-corrected chi connectivity index (χ0v) is 11.0. The Bertz CT molecular complexity index is 150. The van der Waals surface area contributed by atoms with E-state index >= 15 is 0 Å². The van der Waals surface area contributed by atoms with Gasteiger partial charge in [-0.05, 0) is 25.2 Å². The van der Waals surface area contributed by atoms with E-state index in [2.05, 4.69) is 5.92 Å². The Kier molecular flexibility index (Phi) is 4.50. The molecular weight excluding hydrogens is 339 g/mol. The van der Waals surface area contributed by atoms with Crippen molar-refractivity contribution in [1.82, 2.24) is 0 Å². The molecule has 1 aliphatic rings. The van der Waals surface area contributed by atoms with Crippen LogP contribution in [-0.2, 0) is 0 Å². The minimum atomic E-state index is -0.778. The van der Waals surface area contributed by atoms with E-state index in [0.717, 1.165) is 19.3 Å². The van der Waals surface area contributed by atoms with Crippen LogP contribution in [0.15, 0.2) is 0 Å². The van der Waals surface area contributed by atoms with E-state index in [4.69, 9.17) is 6.42 Å². The van der Waals surface area contributed by atoms with E-state index in [-0.39, 0.29) is 44.1 Å². The molecule has 1 radical (unpaired) electrons. The molecule has 0 aromatic heterocycles. The van der Waals surface area contributed by atoms with Crippen molar-refractivity contribution in [1.29, 1.82) is 0 Å². The minimum Gasteiger partial charge on any atom is -0.377 e. The summed E-state index contributed by atoms with van der Waals surface area (Å²) in [6, 6.07) is 0. The molecule has 10 heavy (non-hydrogen) atoms. The molecule has 0 aliphatic heterocycles. The number of rotatable bonds is 0. The molecule has 0 aromatic rings. The van der Waals surface area contributed by atoms with Gasteiger partial charge >= 0.3 is 0 Å². The van der Waals surface area contributed by atoms with Crippen LogP contribution in [0.4, 0.5) is 0 Å². The third kappa shape index (κ3) is 1.97. The maximum atomic E-state index is 9.53. The summed E-state index contributed by atoms with van der Waals surface area (Å²) in [6.07, 6.45) is 8.08. The van der Waals surface area contributed by atoms with Crippen molar-refractivity contribution in [2.45, 2.75) is 31.8 Å². The average Bonchev–Trinajstić information content (AvgIpc) is 2.15. The molecule has 0 unspecified atom stereocenters. The Morgan fingerprint density at radius 3 is 2.50 bits per heavy atom. The van der Waals surface area contributed by atoms with Crippen molar-refractivity contribution < 1.29 is 49.2 Å². The molecule has 0 heterocycles. The quantitative estimate of drug-likeness (QED) is 0.650. The van der Waals surface area contributed by atoms with Gasteiger partial charge in [0.1, 0.15) is 5.60 Å². The molecule has 0 aromatic carbocycles. The molecule has 0 saturated heterocycles. The first-order chi connectivity index (χ1) is 4.19. The largest absolute Gasteiger partial charge is 0.377 e. The Labute approximate surface area is 98.1 Å². The van der Waals surface area contributed by atoms with Crippen LogP contribution in [0, 0.1) is 62.3 Å². The smallest absolute Gasteiger partial charge is 0.127 e. The van der Waals surface area contributed by atoms with E-state index < -0.39 is 5.60 Å². The summed E-state index contributed by atoms with van der Waals surface area (Å²) in [4.78, 5) is 0. The summed E-state index contributed by atoms with van der Waals surface area (Å²) in [6.45, 7) is 2.01. The summed E-state index contributed by atoms with van der Waals surface area (Å²) in [5, 5.41) is 9.53. The molecule has 1 fully saturated rings. The maximum Gasteiger partial charge on any atom is 0.127 e. The second-order valence-electron chi connectivity index (χ2n) is 2.86. The van der Waals surface area contributed by atoms with Gasteiger partial charge in [0.05, 0.1) is 0 Å². The van der Waals surface area contributed by atoms with E-state index in [1.165, 1.54) is 0 Å². The first-order valence-corrected chi connectivity index (χ1v) is 3.39. The summed E-state index contributed by atoms with van der Waals surface area (Å²) >= 11 is 0. The zero-order chi connectivity index (χ0) is 6.91. The van der Waals surface area contributed by atoms with Gasteiger partial charge in [-0.3, -0.25) is 0 Å². The SMILES string of the molecule is C#C[C@]1(O)CCC[C@H]1C.[Ac]. The second-order valence-corrected chi connectivity index (χ2v) is 2.86. The van der Waals surface area contributed by atoms with Crippen LogP contribution in [0.2, 0.25) is 0 Å². The third-order valence-corrected chi connectivity index (χ3v) is 2.26. The molecule has 1 aliphatic carbocycles. The predicted octanol–water partition coefficient (Wildman–Crippen LogP) is 1.17.